The van der Waals surface area contributed by atoms with Crippen molar-refractivity contribution in [2.24, 2.45) is 5.73 Å². The van der Waals surface area contributed by atoms with Crippen LogP contribution < -0.4 is 11.1 Å². The van der Waals surface area contributed by atoms with Crippen LogP contribution in [0.25, 0.3) is 0 Å². The van der Waals surface area contributed by atoms with Crippen molar-refractivity contribution in [2.45, 2.75) is 44.3 Å². The molecule has 0 aromatic carbocycles. The summed E-state index contributed by atoms with van der Waals surface area (Å²) in [5.41, 5.74) is 2.56. The summed E-state index contributed by atoms with van der Waals surface area (Å²) in [7, 11) is 0. The van der Waals surface area contributed by atoms with E-state index < -0.39 is 29.7 Å². The minimum Gasteiger partial charge on any atom is -0.444 e. The van der Waals surface area contributed by atoms with Gasteiger partial charge in [-0.3, -0.25) is 0 Å². The number of nitrogens with two attached hydrogens (primary N) is 1. The van der Waals surface area contributed by atoms with Gasteiger partial charge in [0.2, 0.25) is 0 Å². The minimum atomic E-state index is -3.24. The predicted octanol–water partition coefficient (Wildman–Crippen LogP) is 1.26. The number of carbonyl (C=O) groups excluding carboxylic acids is 1. The Kier molecular flexibility index (Phi) is 4.17. The molecule has 1 unspecified atom stereocenters. The standard InChI is InChI=1S/C11H20F2N2O3/c1-9(2,3)18-8(16)15-10(4-5-17-7-10)11(12,13)6-14/h4-7,14H2,1-3H3,(H,15,16). The van der Waals surface area contributed by atoms with Gasteiger partial charge in [0.25, 0.3) is 5.92 Å². The van der Waals surface area contributed by atoms with Crippen LogP contribution in [0.5, 0.6) is 0 Å². The lowest BCUT2D eigenvalue weighted by atomic mass is 9.90. The molecule has 0 radical (unpaired) electrons. The lowest BCUT2D eigenvalue weighted by molar-refractivity contribution is -0.0846. The van der Waals surface area contributed by atoms with Crippen LogP contribution in [0.4, 0.5) is 13.6 Å². The molecular formula is C11H20F2N2O3. The molecule has 0 spiro atoms. The zero-order valence-electron chi connectivity index (χ0n) is 10.9. The van der Waals surface area contributed by atoms with E-state index in [4.69, 9.17) is 15.2 Å². The number of hydrogen-bond acceptors (Lipinski definition) is 4. The summed E-state index contributed by atoms with van der Waals surface area (Å²) in [6.45, 7) is 4.01. The molecule has 1 fully saturated rings. The minimum absolute atomic E-state index is 0.0104. The van der Waals surface area contributed by atoms with Crippen molar-refractivity contribution in [3.05, 3.63) is 0 Å². The predicted molar refractivity (Wildman–Crippen MR) is 61.5 cm³/mol. The quantitative estimate of drug-likeness (QED) is 0.806. The second-order valence-corrected chi connectivity index (χ2v) is 5.42. The first-order valence-electron chi connectivity index (χ1n) is 5.79. The van der Waals surface area contributed by atoms with Crippen molar-refractivity contribution in [3.63, 3.8) is 0 Å². The number of ether oxygens (including phenoxy) is 2. The highest BCUT2D eigenvalue weighted by atomic mass is 19.3. The Morgan fingerprint density at radius 1 is 1.50 bits per heavy atom. The lowest BCUT2D eigenvalue weighted by Crippen LogP contribution is -2.64. The van der Waals surface area contributed by atoms with Crippen LogP contribution in [0.3, 0.4) is 0 Å². The molecule has 1 heterocycles. The van der Waals surface area contributed by atoms with Crippen LogP contribution >= 0.6 is 0 Å². The van der Waals surface area contributed by atoms with Crippen LogP contribution in [-0.2, 0) is 9.47 Å². The summed E-state index contributed by atoms with van der Waals surface area (Å²) in [6, 6.07) is 0. The topological polar surface area (TPSA) is 73.6 Å². The lowest BCUT2D eigenvalue weighted by Gasteiger charge is -2.36. The molecule has 5 nitrogen and oxygen atoms in total. The maximum absolute atomic E-state index is 13.8. The summed E-state index contributed by atoms with van der Waals surface area (Å²) in [4.78, 5) is 11.6. The first kappa shape index (κ1) is 15.1. The Hall–Kier alpha value is -0.950. The van der Waals surface area contributed by atoms with Gasteiger partial charge in [-0.25, -0.2) is 13.6 Å². The van der Waals surface area contributed by atoms with Gasteiger partial charge in [-0.2, -0.15) is 0 Å². The van der Waals surface area contributed by atoms with E-state index in [9.17, 15) is 13.6 Å². The summed E-state index contributed by atoms with van der Waals surface area (Å²) in [5, 5.41) is 2.22. The molecule has 106 valence electrons. The van der Waals surface area contributed by atoms with E-state index in [0.29, 0.717) is 0 Å². The van der Waals surface area contributed by atoms with E-state index in [1.165, 1.54) is 0 Å². The number of nitrogens with one attached hydrogen (secondary N) is 1. The fourth-order valence-corrected chi connectivity index (χ4v) is 1.74. The van der Waals surface area contributed by atoms with E-state index in [1.807, 2.05) is 0 Å². The molecular weight excluding hydrogens is 246 g/mol. The average molecular weight is 266 g/mol. The van der Waals surface area contributed by atoms with Gasteiger partial charge in [0.15, 0.2) is 0 Å². The fraction of sp³-hybridized carbons (Fsp3) is 0.909. The molecule has 1 rings (SSSR count). The second kappa shape index (κ2) is 4.97. The summed E-state index contributed by atoms with van der Waals surface area (Å²) in [6.07, 6.45) is -0.877. The Morgan fingerprint density at radius 2 is 2.11 bits per heavy atom. The highest BCUT2D eigenvalue weighted by Gasteiger charge is 2.56. The van der Waals surface area contributed by atoms with E-state index in [-0.39, 0.29) is 19.6 Å². The molecule has 7 heteroatoms. The molecule has 0 aromatic rings. The van der Waals surface area contributed by atoms with E-state index in [1.54, 1.807) is 20.8 Å². The van der Waals surface area contributed by atoms with Gasteiger partial charge in [0.05, 0.1) is 13.2 Å². The second-order valence-electron chi connectivity index (χ2n) is 5.42. The van der Waals surface area contributed by atoms with Crippen molar-refractivity contribution in [2.75, 3.05) is 19.8 Å². The van der Waals surface area contributed by atoms with Crippen LogP contribution in [0, 0.1) is 0 Å². The molecule has 0 aliphatic carbocycles. The van der Waals surface area contributed by atoms with Crippen molar-refractivity contribution >= 4 is 6.09 Å². The first-order valence-corrected chi connectivity index (χ1v) is 5.79. The fourth-order valence-electron chi connectivity index (χ4n) is 1.74. The van der Waals surface area contributed by atoms with Crippen LogP contribution in [0.15, 0.2) is 0 Å². The molecule has 3 N–H and O–H groups in total. The normalized spacial score (nSPS) is 25.0. The van der Waals surface area contributed by atoms with Gasteiger partial charge in [0, 0.05) is 13.0 Å². The van der Waals surface area contributed by atoms with Gasteiger partial charge in [-0.1, -0.05) is 0 Å². The third kappa shape index (κ3) is 3.29. The average Bonchev–Trinajstić information content (AvgIpc) is 2.64. The third-order valence-electron chi connectivity index (χ3n) is 2.72. The maximum atomic E-state index is 13.8. The molecule has 0 saturated carbocycles. The SMILES string of the molecule is CC(C)(C)OC(=O)NC1(C(F)(F)CN)CCOC1. The molecule has 1 aliphatic heterocycles. The van der Waals surface area contributed by atoms with Crippen molar-refractivity contribution < 1.29 is 23.0 Å². The van der Waals surface area contributed by atoms with Crippen LogP contribution in [-0.4, -0.2) is 42.9 Å². The zero-order valence-corrected chi connectivity index (χ0v) is 10.9. The van der Waals surface area contributed by atoms with E-state index in [2.05, 4.69) is 5.32 Å². The largest absolute Gasteiger partial charge is 0.444 e. The number of rotatable bonds is 3. The Morgan fingerprint density at radius 3 is 2.50 bits per heavy atom. The highest BCUT2D eigenvalue weighted by Crippen LogP contribution is 2.35. The molecule has 1 atom stereocenters. The molecule has 0 bridgehead atoms. The number of alkyl carbamates (subject to hydrolysis) is 1. The number of carbonyl (C=O) groups is 1. The molecule has 0 aromatic heterocycles. The maximum Gasteiger partial charge on any atom is 0.408 e. The van der Waals surface area contributed by atoms with E-state index in [0.717, 1.165) is 0 Å². The summed E-state index contributed by atoms with van der Waals surface area (Å²) < 4.78 is 37.6. The van der Waals surface area contributed by atoms with Crippen molar-refractivity contribution in [3.8, 4) is 0 Å². The number of amides is 1. The van der Waals surface area contributed by atoms with Crippen LogP contribution in [0.1, 0.15) is 27.2 Å². The van der Waals surface area contributed by atoms with Crippen LogP contribution in [0.2, 0.25) is 0 Å². The van der Waals surface area contributed by atoms with Gasteiger partial charge < -0.3 is 20.5 Å². The molecule has 18 heavy (non-hydrogen) atoms. The molecule has 1 saturated heterocycles. The van der Waals surface area contributed by atoms with Gasteiger partial charge in [-0.05, 0) is 20.8 Å². The number of hydrogen-bond donors (Lipinski definition) is 2. The molecule has 1 aliphatic rings. The first-order chi connectivity index (χ1) is 8.12. The van der Waals surface area contributed by atoms with Gasteiger partial charge in [0.1, 0.15) is 11.1 Å². The van der Waals surface area contributed by atoms with Gasteiger partial charge >= 0.3 is 6.09 Å². The van der Waals surface area contributed by atoms with Crippen molar-refractivity contribution in [1.29, 1.82) is 0 Å². The number of halogens is 2. The Labute approximate surface area is 105 Å². The zero-order chi connectivity index (χ0) is 14.0. The van der Waals surface area contributed by atoms with Gasteiger partial charge in [-0.15, -0.1) is 0 Å². The third-order valence-corrected chi connectivity index (χ3v) is 2.72. The summed E-state index contributed by atoms with van der Waals surface area (Å²) in [5.74, 6) is -3.24. The number of alkyl halides is 2. The van der Waals surface area contributed by atoms with Crippen molar-refractivity contribution in [1.82, 2.24) is 5.32 Å². The highest BCUT2D eigenvalue weighted by molar-refractivity contribution is 5.69. The Bertz CT molecular complexity index is 310. The molecule has 1 amide bonds. The van der Waals surface area contributed by atoms with E-state index >= 15 is 0 Å². The summed E-state index contributed by atoms with van der Waals surface area (Å²) >= 11 is 0. The monoisotopic (exact) mass is 266 g/mol. The smallest absolute Gasteiger partial charge is 0.408 e. The Balaban J connectivity index is 2.79.